The molecule has 0 aromatic heterocycles. The summed E-state index contributed by atoms with van der Waals surface area (Å²) in [6.45, 7) is 11.5. The number of aliphatic hydroxyl groups is 1. The Hall–Kier alpha value is -1.53. The van der Waals surface area contributed by atoms with Crippen molar-refractivity contribution in [3.63, 3.8) is 0 Å². The zero-order valence-electron chi connectivity index (χ0n) is 20.3. The summed E-state index contributed by atoms with van der Waals surface area (Å²) in [5, 5.41) is 20.2. The van der Waals surface area contributed by atoms with Gasteiger partial charge in [0.05, 0.1) is 43.8 Å². The summed E-state index contributed by atoms with van der Waals surface area (Å²) in [4.78, 5) is 45.4. The lowest BCUT2D eigenvalue weighted by atomic mass is 9.70. The summed E-state index contributed by atoms with van der Waals surface area (Å²) in [5.41, 5.74) is -1.25. The van der Waals surface area contributed by atoms with Gasteiger partial charge in [0.15, 0.2) is 0 Å². The molecule has 2 amide bonds. The van der Waals surface area contributed by atoms with Gasteiger partial charge in [-0.1, -0.05) is 35.9 Å². The number of rotatable bonds is 10. The number of alkyl halides is 1. The van der Waals surface area contributed by atoms with E-state index in [1.807, 2.05) is 13.8 Å². The summed E-state index contributed by atoms with van der Waals surface area (Å²) in [7, 11) is 0. The SMILES string of the molecule is C=CCN(CCN1CCOCC1)C(=O)C1N([C@@H](CO)C(C)C)C(=O)[C@@H]2[C@@H](C(=O)O)[C@@H]3OC12CC3Br. The number of ether oxygens (including phenoxy) is 2. The Morgan fingerprint density at radius 2 is 2.03 bits per heavy atom. The van der Waals surface area contributed by atoms with Crippen molar-refractivity contribution >= 4 is 33.7 Å². The monoisotopic (exact) mass is 557 g/mol. The third kappa shape index (κ3) is 4.43. The average Bonchev–Trinajstić information content (AvgIpc) is 3.41. The quantitative estimate of drug-likeness (QED) is 0.288. The Morgan fingerprint density at radius 1 is 1.34 bits per heavy atom. The standard InChI is InChI=1S/C24H36BrN3O7/c1-4-5-27(7-6-26-8-10-34-11-9-26)22(31)20-24-12-15(25)19(35-24)17(23(32)33)18(24)21(30)28(20)16(13-29)14(2)3/h4,14-20,29H,1,5-13H2,2-3H3,(H,32,33)/t15?,16-,17+,18-,19+,20?,24?/m0/s1. The van der Waals surface area contributed by atoms with Crippen LogP contribution < -0.4 is 0 Å². The first-order valence-electron chi connectivity index (χ1n) is 12.4. The molecule has 4 fully saturated rings. The highest BCUT2D eigenvalue weighted by Crippen LogP contribution is 2.60. The number of halogens is 1. The number of carbonyl (C=O) groups is 3. The Bertz CT molecular complexity index is 851. The van der Waals surface area contributed by atoms with Gasteiger partial charge in [0, 0.05) is 37.6 Å². The number of aliphatic hydroxyl groups excluding tert-OH is 1. The number of likely N-dealkylation sites (tertiary alicyclic amines) is 1. The van der Waals surface area contributed by atoms with Crippen LogP contribution in [0.2, 0.25) is 0 Å². The number of nitrogens with zero attached hydrogens (tertiary/aromatic N) is 3. The minimum atomic E-state index is -1.25. The highest BCUT2D eigenvalue weighted by atomic mass is 79.9. The second kappa shape index (κ2) is 10.5. The van der Waals surface area contributed by atoms with Crippen molar-refractivity contribution in [3.8, 4) is 0 Å². The summed E-state index contributed by atoms with van der Waals surface area (Å²) < 4.78 is 11.7. The Kier molecular flexibility index (Phi) is 7.92. The minimum absolute atomic E-state index is 0.143. The third-order valence-corrected chi connectivity index (χ3v) is 8.86. The lowest BCUT2D eigenvalue weighted by Crippen LogP contribution is -2.60. The molecule has 10 nitrogen and oxygen atoms in total. The number of carbonyl (C=O) groups excluding carboxylic acids is 2. The van der Waals surface area contributed by atoms with Crippen molar-refractivity contribution in [3.05, 3.63) is 12.7 Å². The van der Waals surface area contributed by atoms with E-state index in [4.69, 9.17) is 9.47 Å². The van der Waals surface area contributed by atoms with Crippen molar-refractivity contribution < 1.29 is 34.1 Å². The average molecular weight is 558 g/mol. The molecular formula is C24H36BrN3O7. The van der Waals surface area contributed by atoms with Crippen molar-refractivity contribution in [1.82, 2.24) is 14.7 Å². The molecule has 0 aromatic carbocycles. The van der Waals surface area contributed by atoms with E-state index in [0.717, 1.165) is 13.1 Å². The Balaban J connectivity index is 1.70. The van der Waals surface area contributed by atoms with Crippen molar-refractivity contribution in [1.29, 1.82) is 0 Å². The van der Waals surface area contributed by atoms with Crippen LogP contribution in [0.5, 0.6) is 0 Å². The maximum Gasteiger partial charge on any atom is 0.310 e. The largest absolute Gasteiger partial charge is 0.481 e. The Labute approximate surface area is 214 Å². The van der Waals surface area contributed by atoms with Gasteiger partial charge in [0.25, 0.3) is 0 Å². The zero-order valence-corrected chi connectivity index (χ0v) is 21.9. The Morgan fingerprint density at radius 3 is 2.60 bits per heavy atom. The van der Waals surface area contributed by atoms with Gasteiger partial charge in [-0.05, 0) is 12.3 Å². The van der Waals surface area contributed by atoms with Gasteiger partial charge in [-0.2, -0.15) is 0 Å². The minimum Gasteiger partial charge on any atom is -0.481 e. The molecule has 1 spiro atoms. The fourth-order valence-electron chi connectivity index (χ4n) is 6.31. The van der Waals surface area contributed by atoms with Gasteiger partial charge in [-0.15, -0.1) is 6.58 Å². The first-order valence-corrected chi connectivity index (χ1v) is 13.3. The first-order chi connectivity index (χ1) is 16.7. The molecule has 4 saturated heterocycles. The lowest BCUT2D eigenvalue weighted by Gasteiger charge is -2.41. The van der Waals surface area contributed by atoms with Gasteiger partial charge in [0.2, 0.25) is 11.8 Å². The fraction of sp³-hybridized carbons (Fsp3) is 0.792. The highest BCUT2D eigenvalue weighted by Gasteiger charge is 2.77. The normalized spacial score (nSPS) is 35.4. The van der Waals surface area contributed by atoms with Crippen molar-refractivity contribution in [2.24, 2.45) is 17.8 Å². The molecule has 2 bridgehead atoms. The number of hydrogen-bond donors (Lipinski definition) is 2. The number of fused-ring (bicyclic) bond motifs is 1. The summed E-state index contributed by atoms with van der Waals surface area (Å²) in [6, 6.07) is -1.65. The van der Waals surface area contributed by atoms with Gasteiger partial charge in [-0.3, -0.25) is 19.3 Å². The topological polar surface area (TPSA) is 120 Å². The van der Waals surface area contributed by atoms with E-state index in [1.54, 1.807) is 11.0 Å². The van der Waals surface area contributed by atoms with Crippen LogP contribution in [0, 0.1) is 17.8 Å². The summed E-state index contributed by atoms with van der Waals surface area (Å²) >= 11 is 3.56. The fourth-order valence-corrected chi connectivity index (χ4v) is 7.26. The third-order valence-electron chi connectivity index (χ3n) is 8.01. The molecular weight excluding hydrogens is 522 g/mol. The van der Waals surface area contributed by atoms with Gasteiger partial charge in [-0.25, -0.2) is 0 Å². The van der Waals surface area contributed by atoms with Crippen LogP contribution in [0.25, 0.3) is 0 Å². The van der Waals surface area contributed by atoms with E-state index in [0.29, 0.717) is 32.7 Å². The summed E-state index contributed by atoms with van der Waals surface area (Å²) in [5.74, 6) is -3.97. The van der Waals surface area contributed by atoms with Gasteiger partial charge >= 0.3 is 5.97 Å². The molecule has 11 heteroatoms. The van der Waals surface area contributed by atoms with Crippen LogP contribution in [-0.4, -0.2) is 124 Å². The second-order valence-corrected chi connectivity index (χ2v) is 11.4. The zero-order chi connectivity index (χ0) is 25.5. The number of carboxylic acids is 1. The smallest absolute Gasteiger partial charge is 0.310 e. The molecule has 4 aliphatic heterocycles. The number of aliphatic carboxylic acids is 1. The van der Waals surface area contributed by atoms with Crippen LogP contribution >= 0.6 is 15.9 Å². The van der Waals surface area contributed by atoms with E-state index >= 15 is 0 Å². The van der Waals surface area contributed by atoms with Crippen LogP contribution in [0.3, 0.4) is 0 Å². The molecule has 4 rings (SSSR count). The van der Waals surface area contributed by atoms with Crippen LogP contribution in [0.15, 0.2) is 12.7 Å². The van der Waals surface area contributed by atoms with Crippen molar-refractivity contribution in [2.45, 2.75) is 48.9 Å². The molecule has 4 heterocycles. The van der Waals surface area contributed by atoms with E-state index in [-0.39, 0.29) is 29.8 Å². The molecule has 0 aromatic rings. The molecule has 35 heavy (non-hydrogen) atoms. The number of hydrogen-bond acceptors (Lipinski definition) is 7. The maximum absolute atomic E-state index is 14.2. The molecule has 0 radical (unpaired) electrons. The van der Waals surface area contributed by atoms with Crippen LogP contribution in [0.4, 0.5) is 0 Å². The molecule has 0 aliphatic carbocycles. The molecule has 2 N–H and O–H groups in total. The van der Waals surface area contributed by atoms with Crippen LogP contribution in [0.1, 0.15) is 20.3 Å². The predicted octanol–water partition coefficient (Wildman–Crippen LogP) is 0.183. The summed E-state index contributed by atoms with van der Waals surface area (Å²) in [6.07, 6.45) is 1.32. The van der Waals surface area contributed by atoms with E-state index < -0.39 is 47.5 Å². The highest BCUT2D eigenvalue weighted by molar-refractivity contribution is 9.09. The van der Waals surface area contributed by atoms with Gasteiger partial charge in [0.1, 0.15) is 11.6 Å². The van der Waals surface area contributed by atoms with Crippen LogP contribution in [-0.2, 0) is 23.9 Å². The molecule has 3 unspecified atom stereocenters. The maximum atomic E-state index is 14.2. The predicted molar refractivity (Wildman–Crippen MR) is 130 cm³/mol. The van der Waals surface area contributed by atoms with E-state index in [1.165, 1.54) is 4.90 Å². The van der Waals surface area contributed by atoms with Crippen molar-refractivity contribution in [2.75, 3.05) is 52.5 Å². The molecule has 4 aliphatic rings. The lowest BCUT2D eigenvalue weighted by molar-refractivity contribution is -0.154. The van der Waals surface area contributed by atoms with Gasteiger partial charge < -0.3 is 29.5 Å². The number of morpholine rings is 1. The molecule has 196 valence electrons. The number of amides is 2. The number of carboxylic acid groups (broad SMARTS) is 1. The van der Waals surface area contributed by atoms with E-state index in [2.05, 4.69) is 27.4 Å². The first kappa shape index (κ1) is 26.5. The molecule has 7 atom stereocenters. The van der Waals surface area contributed by atoms with E-state index in [9.17, 15) is 24.6 Å². The molecule has 0 saturated carbocycles. The second-order valence-electron chi connectivity index (χ2n) is 10.3.